The Hall–Kier alpha value is -2.61. The lowest BCUT2D eigenvalue weighted by molar-refractivity contribution is -0.119. The molecular weight excluding hydrogens is 396 g/mol. The van der Waals surface area contributed by atoms with Crippen LogP contribution >= 0.6 is 11.8 Å². The Labute approximate surface area is 181 Å². The molecular formula is C22H28N6OS. The molecule has 0 spiro atoms. The average Bonchev–Trinajstić information content (AvgIpc) is 3.32. The van der Waals surface area contributed by atoms with Crippen LogP contribution in [0, 0.1) is 0 Å². The van der Waals surface area contributed by atoms with Crippen LogP contribution < -0.4 is 5.32 Å². The zero-order valence-corrected chi connectivity index (χ0v) is 18.7. The minimum atomic E-state index is 0.00290. The van der Waals surface area contributed by atoms with Gasteiger partial charge in [-0.3, -0.25) is 4.79 Å². The molecule has 1 aliphatic carbocycles. The van der Waals surface area contributed by atoms with Gasteiger partial charge in [-0.1, -0.05) is 44.7 Å². The predicted molar refractivity (Wildman–Crippen MR) is 118 cm³/mol. The molecule has 0 radical (unpaired) electrons. The third kappa shape index (κ3) is 4.28. The molecule has 0 aliphatic heterocycles. The van der Waals surface area contributed by atoms with Gasteiger partial charge < -0.3 is 9.88 Å². The maximum absolute atomic E-state index is 12.5. The van der Waals surface area contributed by atoms with E-state index in [1.54, 1.807) is 6.33 Å². The van der Waals surface area contributed by atoms with Gasteiger partial charge in [0.05, 0.1) is 23.7 Å². The van der Waals surface area contributed by atoms with Crippen molar-refractivity contribution in [2.45, 2.75) is 56.6 Å². The molecule has 0 bridgehead atoms. The summed E-state index contributed by atoms with van der Waals surface area (Å²) in [6.45, 7) is 6.65. The number of fused-ring (bicyclic) bond motifs is 1. The maximum atomic E-state index is 12.5. The van der Waals surface area contributed by atoms with E-state index in [9.17, 15) is 4.79 Å². The van der Waals surface area contributed by atoms with E-state index in [-0.39, 0.29) is 17.4 Å². The fourth-order valence-electron chi connectivity index (χ4n) is 3.80. The number of hydrogen-bond acceptors (Lipinski definition) is 5. The normalized spacial score (nSPS) is 16.3. The number of hydrogen-bond donors (Lipinski definition) is 1. The molecule has 7 nitrogen and oxygen atoms in total. The molecule has 158 valence electrons. The summed E-state index contributed by atoms with van der Waals surface area (Å²) >= 11 is 1.39. The minimum Gasteiger partial charge on any atom is -0.348 e. The van der Waals surface area contributed by atoms with Crippen molar-refractivity contribution in [2.75, 3.05) is 5.75 Å². The third-order valence-corrected chi connectivity index (χ3v) is 6.53. The topological polar surface area (TPSA) is 77.6 Å². The summed E-state index contributed by atoms with van der Waals surface area (Å²) in [4.78, 5) is 12.5. The lowest BCUT2D eigenvalue weighted by atomic mass is 9.87. The van der Waals surface area contributed by atoms with Gasteiger partial charge in [0.15, 0.2) is 5.16 Å². The smallest absolute Gasteiger partial charge is 0.230 e. The molecule has 1 aromatic carbocycles. The summed E-state index contributed by atoms with van der Waals surface area (Å²) in [6, 6.07) is 8.62. The zero-order chi connectivity index (χ0) is 21.3. The Morgan fingerprint density at radius 1 is 1.27 bits per heavy atom. The highest BCUT2D eigenvalue weighted by molar-refractivity contribution is 7.99. The van der Waals surface area contributed by atoms with Crippen molar-refractivity contribution >= 4 is 17.7 Å². The summed E-state index contributed by atoms with van der Waals surface area (Å²) in [6.07, 6.45) is 6.47. The lowest BCUT2D eigenvalue weighted by Gasteiger charge is -2.24. The summed E-state index contributed by atoms with van der Waals surface area (Å²) in [5.74, 6) is 0.323. The number of aryl methyl sites for hydroxylation is 1. The second kappa shape index (κ2) is 8.26. The molecule has 30 heavy (non-hydrogen) atoms. The molecule has 1 N–H and O–H groups in total. The molecule has 4 rings (SSSR count). The van der Waals surface area contributed by atoms with Crippen LogP contribution in [0.1, 0.15) is 56.5 Å². The summed E-state index contributed by atoms with van der Waals surface area (Å²) < 4.78 is 3.83. The SMILES string of the molecule is Cn1cnnc1SCC(=O)N[C@H]1CCCc2c1cnn2-c1ccc(C(C)(C)C)cc1. The molecule has 1 aliphatic rings. The number of carbonyl (C=O) groups is 1. The maximum Gasteiger partial charge on any atom is 0.230 e. The highest BCUT2D eigenvalue weighted by Gasteiger charge is 2.26. The number of rotatable bonds is 5. The first-order valence-electron chi connectivity index (χ1n) is 10.3. The van der Waals surface area contributed by atoms with E-state index in [1.807, 2.05) is 22.5 Å². The molecule has 1 atom stereocenters. The van der Waals surface area contributed by atoms with Gasteiger partial charge in [0.1, 0.15) is 6.33 Å². The summed E-state index contributed by atoms with van der Waals surface area (Å²) in [5.41, 5.74) is 4.81. The quantitative estimate of drug-likeness (QED) is 0.634. The fraction of sp³-hybridized carbons (Fsp3) is 0.455. The van der Waals surface area contributed by atoms with Crippen molar-refractivity contribution in [2.24, 2.45) is 7.05 Å². The minimum absolute atomic E-state index is 0.00290. The number of nitrogens with one attached hydrogen (secondary N) is 1. The number of aromatic nitrogens is 5. The van der Waals surface area contributed by atoms with E-state index < -0.39 is 0 Å². The van der Waals surface area contributed by atoms with Crippen LogP contribution in [0.2, 0.25) is 0 Å². The van der Waals surface area contributed by atoms with Gasteiger partial charge in [-0.2, -0.15) is 5.10 Å². The monoisotopic (exact) mass is 424 g/mol. The van der Waals surface area contributed by atoms with Crippen LogP contribution in [0.15, 0.2) is 41.9 Å². The summed E-state index contributed by atoms with van der Waals surface area (Å²) in [5, 5.41) is 16.4. The van der Waals surface area contributed by atoms with Crippen molar-refractivity contribution in [1.82, 2.24) is 29.9 Å². The van der Waals surface area contributed by atoms with Crippen LogP contribution in [0.25, 0.3) is 5.69 Å². The second-order valence-electron chi connectivity index (χ2n) is 8.78. The van der Waals surface area contributed by atoms with Crippen LogP contribution in [0.5, 0.6) is 0 Å². The van der Waals surface area contributed by atoms with E-state index in [0.717, 1.165) is 35.7 Å². The third-order valence-electron chi connectivity index (χ3n) is 5.50. The Kier molecular flexibility index (Phi) is 5.69. The second-order valence-corrected chi connectivity index (χ2v) is 9.72. The lowest BCUT2D eigenvalue weighted by Crippen LogP contribution is -2.32. The number of amides is 1. The van der Waals surface area contributed by atoms with E-state index in [4.69, 9.17) is 0 Å². The number of benzene rings is 1. The number of carbonyl (C=O) groups excluding carboxylic acids is 1. The molecule has 0 saturated heterocycles. The van der Waals surface area contributed by atoms with Crippen molar-refractivity contribution in [1.29, 1.82) is 0 Å². The Bertz CT molecular complexity index is 1030. The van der Waals surface area contributed by atoms with Gasteiger partial charge in [-0.15, -0.1) is 10.2 Å². The van der Waals surface area contributed by atoms with E-state index in [0.29, 0.717) is 5.75 Å². The predicted octanol–water partition coefficient (Wildman–Crippen LogP) is 3.58. The molecule has 0 saturated carbocycles. The van der Waals surface area contributed by atoms with Crippen molar-refractivity contribution < 1.29 is 4.79 Å². The van der Waals surface area contributed by atoms with Gasteiger partial charge >= 0.3 is 0 Å². The number of nitrogens with zero attached hydrogens (tertiary/aromatic N) is 5. The number of thioether (sulfide) groups is 1. The molecule has 3 aromatic rings. The molecule has 2 heterocycles. The first-order chi connectivity index (χ1) is 14.3. The standard InChI is InChI=1S/C22H28N6OS/c1-22(2,3)15-8-10-16(11-9-15)28-19-7-5-6-18(17(19)12-24-28)25-20(29)13-30-21-26-23-14-27(21)4/h8-12,14,18H,5-7,13H2,1-4H3,(H,25,29)/t18-/m0/s1. The van der Waals surface area contributed by atoms with Crippen LogP contribution in [-0.4, -0.2) is 36.2 Å². The van der Waals surface area contributed by atoms with Crippen LogP contribution in [0.3, 0.4) is 0 Å². The highest BCUT2D eigenvalue weighted by atomic mass is 32.2. The van der Waals surface area contributed by atoms with Gasteiger partial charge in [0.2, 0.25) is 5.91 Å². The van der Waals surface area contributed by atoms with Gasteiger partial charge in [-0.05, 0) is 42.4 Å². The van der Waals surface area contributed by atoms with E-state index in [1.165, 1.54) is 23.0 Å². The Balaban J connectivity index is 1.47. The van der Waals surface area contributed by atoms with E-state index >= 15 is 0 Å². The van der Waals surface area contributed by atoms with Crippen molar-refractivity contribution in [3.63, 3.8) is 0 Å². The van der Waals surface area contributed by atoms with Gasteiger partial charge in [-0.25, -0.2) is 4.68 Å². The van der Waals surface area contributed by atoms with Crippen molar-refractivity contribution in [3.8, 4) is 5.69 Å². The van der Waals surface area contributed by atoms with E-state index in [2.05, 4.69) is 65.6 Å². The first-order valence-corrected chi connectivity index (χ1v) is 11.3. The van der Waals surface area contributed by atoms with Crippen molar-refractivity contribution in [3.05, 3.63) is 53.6 Å². The Morgan fingerprint density at radius 2 is 2.03 bits per heavy atom. The summed E-state index contributed by atoms with van der Waals surface area (Å²) in [7, 11) is 1.87. The average molecular weight is 425 g/mol. The molecule has 0 fully saturated rings. The van der Waals surface area contributed by atoms with Crippen LogP contribution in [0.4, 0.5) is 0 Å². The molecule has 8 heteroatoms. The molecule has 0 unspecified atom stereocenters. The largest absolute Gasteiger partial charge is 0.348 e. The van der Waals surface area contributed by atoms with Gasteiger partial charge in [0, 0.05) is 18.3 Å². The fourth-order valence-corrected chi connectivity index (χ4v) is 4.50. The first kappa shape index (κ1) is 20.7. The molecule has 2 aromatic heterocycles. The molecule has 1 amide bonds. The van der Waals surface area contributed by atoms with Gasteiger partial charge in [0.25, 0.3) is 0 Å². The van der Waals surface area contributed by atoms with Crippen LogP contribution in [-0.2, 0) is 23.7 Å². The Morgan fingerprint density at radius 3 is 2.70 bits per heavy atom. The zero-order valence-electron chi connectivity index (χ0n) is 17.9. The highest BCUT2D eigenvalue weighted by Crippen LogP contribution is 2.32.